The van der Waals surface area contributed by atoms with Crippen LogP contribution in [0.25, 0.3) is 0 Å². The Morgan fingerprint density at radius 2 is 1.06 bits per heavy atom. The fourth-order valence-electron chi connectivity index (χ4n) is 0.0986. The highest BCUT2D eigenvalue weighted by Crippen LogP contribution is 1.72. The maximum atomic E-state index is 9.66. The second-order valence-corrected chi connectivity index (χ2v) is 1.35. The number of nitrogens with zero attached hydrogens (tertiary/aromatic N) is 4. The number of azo groups is 1. The van der Waals surface area contributed by atoms with E-state index >= 15 is 0 Å². The summed E-state index contributed by atoms with van der Waals surface area (Å²) in [5, 5.41) is 32.5. The summed E-state index contributed by atoms with van der Waals surface area (Å²) in [5.74, 6) is 0. The minimum atomic E-state index is -1.50. The van der Waals surface area contributed by atoms with E-state index in [4.69, 9.17) is 30.6 Å². The normalized spacial score (nSPS) is 7.75. The van der Waals surface area contributed by atoms with Crippen LogP contribution in [0.4, 0.5) is 9.59 Å². The number of urea groups is 2. The monoisotopic (exact) mass is 242 g/mol. The lowest BCUT2D eigenvalue weighted by atomic mass is 11.1. The first-order chi connectivity index (χ1) is 7.09. The lowest BCUT2D eigenvalue weighted by Crippen LogP contribution is -2.07. The number of hydrogen-bond donors (Lipinski definition) is 4. The Morgan fingerprint density at radius 3 is 1.12 bits per heavy atom. The third kappa shape index (κ3) is 287. The van der Waals surface area contributed by atoms with E-state index in [-0.39, 0.29) is 0 Å². The van der Waals surface area contributed by atoms with Crippen LogP contribution in [0.15, 0.2) is 10.2 Å². The van der Waals surface area contributed by atoms with E-state index in [9.17, 15) is 9.59 Å². The van der Waals surface area contributed by atoms with Crippen LogP contribution >= 0.6 is 0 Å². The van der Waals surface area contributed by atoms with Crippen LogP contribution in [-0.4, -0.2) is 32.6 Å². The van der Waals surface area contributed by atoms with Gasteiger partial charge in [-0.3, -0.25) is 0 Å². The quantitative estimate of drug-likeness (QED) is 0.230. The van der Waals surface area contributed by atoms with Gasteiger partial charge < -0.3 is 21.9 Å². The first-order valence-corrected chi connectivity index (χ1v) is 2.76. The van der Waals surface area contributed by atoms with Crippen LogP contribution < -0.4 is 11.5 Å². The SMILES string of the molecule is NC(=O)/N=N/C(N)=O.O=[N+]([O-])O.O=[N+]([O-])O. The molecule has 0 saturated heterocycles. The molecule has 0 bridgehead atoms. The van der Waals surface area contributed by atoms with Gasteiger partial charge in [0.2, 0.25) is 0 Å². The standard InChI is InChI=1S/C2H4N4O2.2HNO3/c3-1(7)5-6-2(4)8;2*2-1(3)4/h(H2,3,7)(H2,4,8);2*(H,2,3,4)/b6-5+;;. The van der Waals surface area contributed by atoms with E-state index in [0.29, 0.717) is 0 Å². The Bertz CT molecular complexity index is 248. The largest absolute Gasteiger partial charge is 0.357 e. The third-order valence-electron chi connectivity index (χ3n) is 0.247. The van der Waals surface area contributed by atoms with Crippen LogP contribution in [0.2, 0.25) is 0 Å². The Kier molecular flexibility index (Phi) is 13.9. The number of carbonyl (C=O) groups excluding carboxylic acids is 2. The number of amides is 4. The third-order valence-corrected chi connectivity index (χ3v) is 0.247. The van der Waals surface area contributed by atoms with Gasteiger partial charge in [0.15, 0.2) is 0 Å². The Morgan fingerprint density at radius 1 is 0.938 bits per heavy atom. The van der Waals surface area contributed by atoms with Gasteiger partial charge in [0.1, 0.15) is 0 Å². The van der Waals surface area contributed by atoms with Gasteiger partial charge in [0.25, 0.3) is 10.2 Å². The van der Waals surface area contributed by atoms with Crippen molar-refractivity contribution in [3.05, 3.63) is 20.2 Å². The predicted molar refractivity (Wildman–Crippen MR) is 41.6 cm³/mol. The highest BCUT2D eigenvalue weighted by atomic mass is 16.9. The maximum Gasteiger partial charge on any atom is 0.357 e. The molecule has 0 unspecified atom stereocenters. The number of nitrogens with two attached hydrogens (primary N) is 2. The number of rotatable bonds is 0. The van der Waals surface area contributed by atoms with Crippen molar-refractivity contribution < 1.29 is 30.2 Å². The smallest absolute Gasteiger partial charge is 0.348 e. The van der Waals surface area contributed by atoms with Crippen molar-refractivity contribution in [2.24, 2.45) is 21.7 Å². The summed E-state index contributed by atoms with van der Waals surface area (Å²) in [7, 11) is 0. The Balaban J connectivity index is -0.000000179. The Labute approximate surface area is 85.4 Å². The molecule has 0 aromatic heterocycles. The van der Waals surface area contributed by atoms with E-state index in [1.807, 2.05) is 0 Å². The van der Waals surface area contributed by atoms with Crippen molar-refractivity contribution in [2.45, 2.75) is 0 Å². The maximum absolute atomic E-state index is 9.66. The first-order valence-electron chi connectivity index (χ1n) is 2.76. The summed E-state index contributed by atoms with van der Waals surface area (Å²) in [5.41, 5.74) is 8.87. The highest BCUT2D eigenvalue weighted by Gasteiger charge is 1.86. The summed E-state index contributed by atoms with van der Waals surface area (Å²) in [6.45, 7) is 0. The summed E-state index contributed by atoms with van der Waals surface area (Å²) >= 11 is 0. The molecule has 0 rings (SSSR count). The number of carbonyl (C=O) groups is 2. The van der Waals surface area contributed by atoms with Crippen LogP contribution in [-0.2, 0) is 0 Å². The summed E-state index contributed by atoms with van der Waals surface area (Å²) in [4.78, 5) is 36.0. The molecule has 0 spiro atoms. The molecule has 4 amide bonds. The summed E-state index contributed by atoms with van der Waals surface area (Å²) in [6.07, 6.45) is 0. The lowest BCUT2D eigenvalue weighted by molar-refractivity contribution is -0.742. The minimum absolute atomic E-state index is 1.04. The van der Waals surface area contributed by atoms with Crippen molar-refractivity contribution in [3.8, 4) is 0 Å². The molecule has 0 aromatic carbocycles. The zero-order valence-corrected chi connectivity index (χ0v) is 7.29. The van der Waals surface area contributed by atoms with E-state index < -0.39 is 22.2 Å². The Hall–Kier alpha value is -3.06. The van der Waals surface area contributed by atoms with Crippen molar-refractivity contribution >= 4 is 12.1 Å². The van der Waals surface area contributed by atoms with E-state index in [1.165, 1.54) is 0 Å². The molecular formula is C2H6N6O8. The molecular weight excluding hydrogens is 236 g/mol. The van der Waals surface area contributed by atoms with E-state index in [1.54, 1.807) is 0 Å². The fraction of sp³-hybridized carbons (Fsp3) is 0. The number of hydrogen-bond acceptors (Lipinski definition) is 6. The van der Waals surface area contributed by atoms with Crippen molar-refractivity contribution in [3.63, 3.8) is 0 Å². The molecule has 0 radical (unpaired) electrons. The molecule has 0 fully saturated rings. The van der Waals surface area contributed by atoms with Gasteiger partial charge in [0.05, 0.1) is 0 Å². The van der Waals surface area contributed by atoms with Gasteiger partial charge in [-0.2, -0.15) is 0 Å². The highest BCUT2D eigenvalue weighted by molar-refractivity contribution is 5.77. The zero-order chi connectivity index (χ0) is 13.7. The molecule has 16 heavy (non-hydrogen) atoms. The molecule has 0 aliphatic rings. The van der Waals surface area contributed by atoms with Crippen molar-refractivity contribution in [2.75, 3.05) is 0 Å². The fourth-order valence-corrected chi connectivity index (χ4v) is 0.0986. The van der Waals surface area contributed by atoms with Gasteiger partial charge in [0, 0.05) is 0 Å². The van der Waals surface area contributed by atoms with Gasteiger partial charge in [-0.25, -0.2) is 9.59 Å². The van der Waals surface area contributed by atoms with Crippen molar-refractivity contribution in [1.82, 2.24) is 0 Å². The molecule has 0 heterocycles. The van der Waals surface area contributed by atoms with Gasteiger partial charge in [-0.1, -0.05) is 10.2 Å². The molecule has 0 aliphatic heterocycles. The summed E-state index contributed by atoms with van der Waals surface area (Å²) < 4.78 is 0. The molecule has 92 valence electrons. The number of primary amides is 2. The molecule has 14 heteroatoms. The van der Waals surface area contributed by atoms with Crippen LogP contribution in [0.3, 0.4) is 0 Å². The topological polar surface area (TPSA) is 238 Å². The van der Waals surface area contributed by atoms with Crippen LogP contribution in [0, 0.1) is 20.2 Å². The molecule has 14 nitrogen and oxygen atoms in total. The summed E-state index contributed by atoms with van der Waals surface area (Å²) in [6, 6.07) is -2.08. The molecule has 0 atom stereocenters. The van der Waals surface area contributed by atoms with E-state index in [2.05, 4.69) is 21.7 Å². The zero-order valence-electron chi connectivity index (χ0n) is 7.29. The first kappa shape index (κ1) is 18.7. The molecule has 0 aromatic rings. The minimum Gasteiger partial charge on any atom is -0.348 e. The van der Waals surface area contributed by atoms with E-state index in [0.717, 1.165) is 0 Å². The van der Waals surface area contributed by atoms with Gasteiger partial charge in [-0.05, 0) is 0 Å². The lowest BCUT2D eigenvalue weighted by Gasteiger charge is -1.74. The van der Waals surface area contributed by atoms with Crippen LogP contribution in [0.5, 0.6) is 0 Å². The second kappa shape index (κ2) is 11.9. The average Bonchev–Trinajstić information content (AvgIpc) is 1.98. The van der Waals surface area contributed by atoms with Crippen LogP contribution in [0.1, 0.15) is 0 Å². The average molecular weight is 242 g/mol. The molecule has 0 saturated carbocycles. The molecule has 0 aliphatic carbocycles. The van der Waals surface area contributed by atoms with Gasteiger partial charge >= 0.3 is 12.1 Å². The van der Waals surface area contributed by atoms with Gasteiger partial charge in [-0.15, -0.1) is 20.2 Å². The predicted octanol–water partition coefficient (Wildman–Crippen LogP) is -1.10. The second-order valence-electron chi connectivity index (χ2n) is 1.35. The van der Waals surface area contributed by atoms with Crippen molar-refractivity contribution in [1.29, 1.82) is 0 Å². The molecule has 6 N–H and O–H groups in total.